The molecule has 2 aromatic carbocycles. The number of carbonyl (C=O) groups is 1. The number of anilines is 1. The largest absolute Gasteiger partial charge is 0.457 e. The fraction of sp³-hybridized carbons (Fsp3) is 0.316. The van der Waals surface area contributed by atoms with E-state index in [1.54, 1.807) is 0 Å². The Morgan fingerprint density at radius 3 is 2.30 bits per heavy atom. The predicted octanol–water partition coefficient (Wildman–Crippen LogP) is 4.46. The minimum Gasteiger partial charge on any atom is -0.457 e. The molecule has 23 heavy (non-hydrogen) atoms. The van der Waals surface area contributed by atoms with Gasteiger partial charge < -0.3 is 14.4 Å². The van der Waals surface area contributed by atoms with Crippen molar-refractivity contribution >= 4 is 11.7 Å². The van der Waals surface area contributed by atoms with Crippen LogP contribution in [0.1, 0.15) is 20.8 Å². The Bertz CT molecular complexity index is 647. The minimum atomic E-state index is -0.501. The molecule has 2 rings (SSSR count). The zero-order valence-electron chi connectivity index (χ0n) is 14.1. The van der Waals surface area contributed by atoms with E-state index in [2.05, 4.69) is 0 Å². The minimum absolute atomic E-state index is 0.199. The monoisotopic (exact) mass is 313 g/mol. The van der Waals surface area contributed by atoms with E-state index >= 15 is 0 Å². The summed E-state index contributed by atoms with van der Waals surface area (Å²) >= 11 is 0. The molecule has 0 saturated carbocycles. The Balaban J connectivity index is 2.00. The summed E-state index contributed by atoms with van der Waals surface area (Å²) in [6.45, 7) is 5.71. The summed E-state index contributed by atoms with van der Waals surface area (Å²) in [5.74, 6) is 1.30. The maximum atomic E-state index is 11.8. The number of hydrogen-bond acceptors (Lipinski definition) is 4. The summed E-state index contributed by atoms with van der Waals surface area (Å²) in [5.41, 5.74) is 0.416. The second kappa shape index (κ2) is 7.18. The molecule has 0 radical (unpaired) electrons. The van der Waals surface area contributed by atoms with Gasteiger partial charge in [-0.1, -0.05) is 24.3 Å². The fourth-order valence-corrected chi connectivity index (χ4v) is 1.86. The Kier molecular flexibility index (Phi) is 5.27. The number of carbonyl (C=O) groups excluding carboxylic acids is 1. The summed E-state index contributed by atoms with van der Waals surface area (Å²) in [5, 5.41) is 0. The average Bonchev–Trinajstić information content (AvgIpc) is 2.52. The number of para-hydroxylation sites is 1. The number of esters is 1. The van der Waals surface area contributed by atoms with E-state index in [-0.39, 0.29) is 12.7 Å². The molecule has 0 N–H and O–H groups in total. The molecular weight excluding hydrogens is 290 g/mol. The van der Waals surface area contributed by atoms with Crippen molar-refractivity contribution in [1.82, 2.24) is 0 Å². The third-order valence-electron chi connectivity index (χ3n) is 3.24. The van der Waals surface area contributed by atoms with Crippen molar-refractivity contribution in [2.45, 2.75) is 20.8 Å². The van der Waals surface area contributed by atoms with Gasteiger partial charge in [0.2, 0.25) is 0 Å². The molecule has 0 aromatic heterocycles. The van der Waals surface area contributed by atoms with Crippen LogP contribution in [0.5, 0.6) is 11.5 Å². The summed E-state index contributed by atoms with van der Waals surface area (Å²) < 4.78 is 11.1. The molecule has 2 aromatic rings. The van der Waals surface area contributed by atoms with Crippen molar-refractivity contribution in [3.8, 4) is 11.5 Å². The quantitative estimate of drug-likeness (QED) is 0.603. The van der Waals surface area contributed by atoms with Crippen LogP contribution in [0.15, 0.2) is 54.6 Å². The van der Waals surface area contributed by atoms with Crippen molar-refractivity contribution in [2.24, 2.45) is 5.41 Å². The highest BCUT2D eigenvalue weighted by Gasteiger charge is 2.23. The zero-order chi connectivity index (χ0) is 16.9. The third-order valence-corrected chi connectivity index (χ3v) is 3.24. The van der Waals surface area contributed by atoms with Crippen LogP contribution in [0.4, 0.5) is 5.69 Å². The van der Waals surface area contributed by atoms with Gasteiger partial charge in [0.15, 0.2) is 6.73 Å². The highest BCUT2D eigenvalue weighted by Crippen LogP contribution is 2.25. The number of nitrogens with zero attached hydrogens (tertiary/aromatic N) is 1. The molecule has 0 saturated heterocycles. The van der Waals surface area contributed by atoms with Crippen LogP contribution in [0.3, 0.4) is 0 Å². The highest BCUT2D eigenvalue weighted by atomic mass is 16.5. The van der Waals surface area contributed by atoms with Crippen LogP contribution >= 0.6 is 0 Å². The van der Waals surface area contributed by atoms with Crippen LogP contribution in [0.2, 0.25) is 0 Å². The first-order valence-corrected chi connectivity index (χ1v) is 7.57. The SMILES string of the molecule is CN(COC(=O)C(C)(C)C)c1cccc(Oc2ccccc2)c1. The Morgan fingerprint density at radius 1 is 1.00 bits per heavy atom. The molecule has 4 nitrogen and oxygen atoms in total. The number of ether oxygens (including phenoxy) is 2. The topological polar surface area (TPSA) is 38.8 Å². The lowest BCUT2D eigenvalue weighted by Crippen LogP contribution is -2.29. The first kappa shape index (κ1) is 16.9. The first-order chi connectivity index (χ1) is 10.9. The van der Waals surface area contributed by atoms with Gasteiger partial charge in [-0.15, -0.1) is 0 Å². The molecule has 4 heteroatoms. The van der Waals surface area contributed by atoms with E-state index in [1.807, 2.05) is 87.3 Å². The molecule has 0 atom stereocenters. The van der Waals surface area contributed by atoms with E-state index in [0.717, 1.165) is 17.2 Å². The van der Waals surface area contributed by atoms with Gasteiger partial charge in [0, 0.05) is 18.8 Å². The molecule has 0 heterocycles. The van der Waals surface area contributed by atoms with Crippen LogP contribution in [0.25, 0.3) is 0 Å². The maximum absolute atomic E-state index is 11.8. The van der Waals surface area contributed by atoms with Crippen molar-refractivity contribution in [3.05, 3.63) is 54.6 Å². The standard InChI is InChI=1S/C19H23NO3/c1-19(2,3)18(21)22-14-20(4)15-9-8-12-17(13-15)23-16-10-6-5-7-11-16/h5-13H,14H2,1-4H3. The lowest BCUT2D eigenvalue weighted by Gasteiger charge is -2.23. The Hall–Kier alpha value is -2.49. The van der Waals surface area contributed by atoms with Gasteiger partial charge in [-0.3, -0.25) is 4.79 Å². The lowest BCUT2D eigenvalue weighted by atomic mass is 9.98. The zero-order valence-corrected chi connectivity index (χ0v) is 14.1. The van der Waals surface area contributed by atoms with Crippen molar-refractivity contribution in [1.29, 1.82) is 0 Å². The van der Waals surface area contributed by atoms with Crippen LogP contribution in [-0.4, -0.2) is 19.7 Å². The van der Waals surface area contributed by atoms with E-state index in [4.69, 9.17) is 9.47 Å². The molecule has 0 amide bonds. The predicted molar refractivity (Wildman–Crippen MR) is 91.8 cm³/mol. The average molecular weight is 313 g/mol. The maximum Gasteiger partial charge on any atom is 0.312 e. The molecular formula is C19H23NO3. The summed E-state index contributed by atoms with van der Waals surface area (Å²) in [4.78, 5) is 13.7. The van der Waals surface area contributed by atoms with Gasteiger partial charge in [0.1, 0.15) is 11.5 Å². The molecule has 0 bridgehead atoms. The summed E-state index contributed by atoms with van der Waals surface area (Å²) in [6, 6.07) is 17.3. The van der Waals surface area contributed by atoms with Gasteiger partial charge >= 0.3 is 5.97 Å². The van der Waals surface area contributed by atoms with Gasteiger partial charge in [-0.2, -0.15) is 0 Å². The normalized spacial score (nSPS) is 11.0. The molecule has 0 aliphatic heterocycles. The van der Waals surface area contributed by atoms with Crippen molar-refractivity contribution < 1.29 is 14.3 Å². The number of hydrogen-bond donors (Lipinski definition) is 0. The van der Waals surface area contributed by atoms with Gasteiger partial charge in [0.25, 0.3) is 0 Å². The lowest BCUT2D eigenvalue weighted by molar-refractivity contribution is -0.152. The fourth-order valence-electron chi connectivity index (χ4n) is 1.86. The van der Waals surface area contributed by atoms with Gasteiger partial charge in [-0.05, 0) is 45.0 Å². The third kappa shape index (κ3) is 5.02. The van der Waals surface area contributed by atoms with Gasteiger partial charge in [-0.25, -0.2) is 0 Å². The van der Waals surface area contributed by atoms with E-state index in [9.17, 15) is 4.79 Å². The second-order valence-corrected chi connectivity index (χ2v) is 6.42. The molecule has 122 valence electrons. The number of benzene rings is 2. The number of rotatable bonds is 5. The molecule has 0 spiro atoms. The Morgan fingerprint density at radius 2 is 1.65 bits per heavy atom. The van der Waals surface area contributed by atoms with Gasteiger partial charge in [0.05, 0.1) is 5.41 Å². The Labute approximate surface area is 137 Å². The summed E-state index contributed by atoms with van der Waals surface area (Å²) in [7, 11) is 1.87. The van der Waals surface area contributed by atoms with Crippen molar-refractivity contribution in [3.63, 3.8) is 0 Å². The molecule has 0 aliphatic rings. The molecule has 0 fully saturated rings. The molecule has 0 aliphatic carbocycles. The van der Waals surface area contributed by atoms with Crippen LogP contribution in [-0.2, 0) is 9.53 Å². The van der Waals surface area contributed by atoms with E-state index in [1.165, 1.54) is 0 Å². The van der Waals surface area contributed by atoms with Crippen LogP contribution < -0.4 is 9.64 Å². The smallest absolute Gasteiger partial charge is 0.312 e. The first-order valence-electron chi connectivity index (χ1n) is 7.57. The second-order valence-electron chi connectivity index (χ2n) is 6.42. The van der Waals surface area contributed by atoms with E-state index in [0.29, 0.717) is 0 Å². The van der Waals surface area contributed by atoms with E-state index < -0.39 is 5.41 Å². The molecule has 0 unspecified atom stereocenters. The summed E-state index contributed by atoms with van der Waals surface area (Å²) in [6.07, 6.45) is 0. The van der Waals surface area contributed by atoms with Crippen molar-refractivity contribution in [2.75, 3.05) is 18.7 Å². The highest BCUT2D eigenvalue weighted by molar-refractivity contribution is 5.75. The van der Waals surface area contributed by atoms with Crippen LogP contribution in [0, 0.1) is 5.41 Å².